The molecule has 27 heavy (non-hydrogen) atoms. The van der Waals surface area contributed by atoms with E-state index in [2.05, 4.69) is 14.9 Å². The fourth-order valence-electron chi connectivity index (χ4n) is 3.75. The Kier molecular flexibility index (Phi) is 5.84. The lowest BCUT2D eigenvalue weighted by Gasteiger charge is -2.32. The summed E-state index contributed by atoms with van der Waals surface area (Å²) < 4.78 is 39.4. The average molecular weight is 381 g/mol. The molecule has 0 radical (unpaired) electrons. The van der Waals surface area contributed by atoms with Crippen molar-refractivity contribution >= 4 is 0 Å². The van der Waals surface area contributed by atoms with Crippen molar-refractivity contribution in [3.05, 3.63) is 68.0 Å². The number of H-pyrrole nitrogens is 2. The number of hydrogen-bond donors (Lipinski definition) is 2. The molecule has 1 aromatic carbocycles. The second-order valence-corrected chi connectivity index (χ2v) is 7.05. The Hall–Kier alpha value is -2.35. The van der Waals surface area contributed by atoms with Gasteiger partial charge in [-0.15, -0.1) is 0 Å². The molecular weight excluding hydrogens is 359 g/mol. The maximum Gasteiger partial charge on any atom is 0.416 e. The summed E-state index contributed by atoms with van der Waals surface area (Å²) in [7, 11) is 0. The molecule has 1 aliphatic heterocycles. The minimum absolute atomic E-state index is 0.286. The van der Waals surface area contributed by atoms with Crippen LogP contribution >= 0.6 is 0 Å². The average Bonchev–Trinajstić information content (AvgIpc) is 2.59. The molecular formula is C19H22F3N3O2. The summed E-state index contributed by atoms with van der Waals surface area (Å²) in [4.78, 5) is 29.7. The second kappa shape index (κ2) is 8.12. The molecule has 2 N–H and O–H groups in total. The Morgan fingerprint density at radius 3 is 2.67 bits per heavy atom. The number of alkyl halides is 3. The predicted molar refractivity (Wildman–Crippen MR) is 95.4 cm³/mol. The van der Waals surface area contributed by atoms with Crippen molar-refractivity contribution in [3.63, 3.8) is 0 Å². The Bertz CT molecular complexity index is 860. The summed E-state index contributed by atoms with van der Waals surface area (Å²) >= 11 is 0. The van der Waals surface area contributed by atoms with Gasteiger partial charge < -0.3 is 4.98 Å². The van der Waals surface area contributed by atoms with E-state index in [0.717, 1.165) is 32.0 Å². The van der Waals surface area contributed by atoms with Crippen LogP contribution < -0.4 is 11.2 Å². The third kappa shape index (κ3) is 5.32. The zero-order valence-corrected chi connectivity index (χ0v) is 14.8. The van der Waals surface area contributed by atoms with Gasteiger partial charge in [-0.25, -0.2) is 4.79 Å². The molecule has 0 saturated carbocycles. The van der Waals surface area contributed by atoms with E-state index in [-0.39, 0.29) is 5.92 Å². The maximum atomic E-state index is 13.1. The van der Waals surface area contributed by atoms with Gasteiger partial charge in [0, 0.05) is 24.8 Å². The summed E-state index contributed by atoms with van der Waals surface area (Å²) in [5, 5.41) is 0. The molecule has 0 bridgehead atoms. The minimum Gasteiger partial charge on any atom is -0.310 e. The number of halogens is 3. The zero-order chi connectivity index (χ0) is 19.4. The molecule has 1 saturated heterocycles. The molecule has 1 aliphatic rings. The molecule has 2 aromatic rings. The van der Waals surface area contributed by atoms with Gasteiger partial charge >= 0.3 is 11.9 Å². The van der Waals surface area contributed by atoms with Gasteiger partial charge in [-0.05, 0) is 49.8 Å². The molecule has 1 fully saturated rings. The van der Waals surface area contributed by atoms with Crippen molar-refractivity contribution in [2.24, 2.45) is 5.92 Å². The lowest BCUT2D eigenvalue weighted by molar-refractivity contribution is -0.138. The fourth-order valence-corrected chi connectivity index (χ4v) is 3.75. The van der Waals surface area contributed by atoms with Crippen molar-refractivity contribution in [3.8, 4) is 0 Å². The predicted octanol–water partition coefficient (Wildman–Crippen LogP) is 2.93. The SMILES string of the molecule is O=c1cc(CN2CCC[C@H](CCc3ccccc3C(F)(F)F)C2)[nH]c(=O)[nH]1. The standard InChI is InChI=1S/C19H22F3N3O2/c20-19(21,22)16-6-2-1-5-14(16)8-7-13-4-3-9-25(11-13)12-15-10-17(26)24-18(27)23-15/h1-2,5-6,10,13H,3-4,7-9,11-12H2,(H2,23,24,26,27)/t13-/m1/s1. The third-order valence-corrected chi connectivity index (χ3v) is 4.96. The van der Waals surface area contributed by atoms with Crippen LogP contribution in [0.4, 0.5) is 13.2 Å². The molecule has 0 amide bonds. The smallest absolute Gasteiger partial charge is 0.310 e. The summed E-state index contributed by atoms with van der Waals surface area (Å²) in [5.74, 6) is 0.286. The second-order valence-electron chi connectivity index (χ2n) is 7.05. The van der Waals surface area contributed by atoms with Crippen LogP contribution in [0.2, 0.25) is 0 Å². The highest BCUT2D eigenvalue weighted by Gasteiger charge is 2.33. The van der Waals surface area contributed by atoms with Crippen molar-refractivity contribution in [1.29, 1.82) is 0 Å². The normalized spacial score (nSPS) is 18.6. The molecule has 1 aromatic heterocycles. The molecule has 8 heteroatoms. The number of aromatic amines is 2. The highest BCUT2D eigenvalue weighted by Crippen LogP contribution is 2.33. The number of hydrogen-bond acceptors (Lipinski definition) is 3. The summed E-state index contributed by atoms with van der Waals surface area (Å²) in [6.07, 6.45) is -1.36. The van der Waals surface area contributed by atoms with E-state index in [9.17, 15) is 22.8 Å². The highest BCUT2D eigenvalue weighted by atomic mass is 19.4. The lowest BCUT2D eigenvalue weighted by atomic mass is 9.90. The first-order chi connectivity index (χ1) is 12.8. The highest BCUT2D eigenvalue weighted by molar-refractivity contribution is 5.29. The number of piperidine rings is 1. The first-order valence-electron chi connectivity index (χ1n) is 9.01. The molecule has 0 aliphatic carbocycles. The first-order valence-corrected chi connectivity index (χ1v) is 9.01. The van der Waals surface area contributed by atoms with E-state index in [1.807, 2.05) is 0 Å². The van der Waals surface area contributed by atoms with Crippen LogP contribution in [0.5, 0.6) is 0 Å². The summed E-state index contributed by atoms with van der Waals surface area (Å²) in [6.45, 7) is 2.03. The van der Waals surface area contributed by atoms with Gasteiger partial charge in [-0.3, -0.25) is 14.7 Å². The topological polar surface area (TPSA) is 69.0 Å². The Labute approximate surface area is 154 Å². The van der Waals surface area contributed by atoms with Gasteiger partial charge in [-0.2, -0.15) is 13.2 Å². The van der Waals surface area contributed by atoms with Crippen molar-refractivity contribution in [2.75, 3.05) is 13.1 Å². The van der Waals surface area contributed by atoms with Gasteiger partial charge in [-0.1, -0.05) is 18.2 Å². The van der Waals surface area contributed by atoms with Crippen molar-refractivity contribution in [1.82, 2.24) is 14.9 Å². The number of aryl methyl sites for hydroxylation is 1. The molecule has 5 nitrogen and oxygen atoms in total. The van der Waals surface area contributed by atoms with E-state index in [0.29, 0.717) is 30.6 Å². The number of nitrogens with one attached hydrogen (secondary N) is 2. The van der Waals surface area contributed by atoms with E-state index in [1.54, 1.807) is 12.1 Å². The van der Waals surface area contributed by atoms with Gasteiger partial charge in [0.2, 0.25) is 0 Å². The maximum absolute atomic E-state index is 13.1. The Morgan fingerprint density at radius 1 is 1.15 bits per heavy atom. The Morgan fingerprint density at radius 2 is 1.93 bits per heavy atom. The Balaban J connectivity index is 1.61. The van der Waals surface area contributed by atoms with Gasteiger partial charge in [0.1, 0.15) is 0 Å². The van der Waals surface area contributed by atoms with Crippen LogP contribution in [-0.4, -0.2) is 28.0 Å². The molecule has 2 heterocycles. The zero-order valence-electron chi connectivity index (χ0n) is 14.8. The summed E-state index contributed by atoms with van der Waals surface area (Å²) in [6, 6.07) is 7.10. The minimum atomic E-state index is -4.33. The number of rotatable bonds is 5. The molecule has 0 spiro atoms. The largest absolute Gasteiger partial charge is 0.416 e. The van der Waals surface area contributed by atoms with Crippen LogP contribution in [-0.2, 0) is 19.1 Å². The van der Waals surface area contributed by atoms with Gasteiger partial charge in [0.25, 0.3) is 5.56 Å². The van der Waals surface area contributed by atoms with Crippen LogP contribution in [0.3, 0.4) is 0 Å². The molecule has 3 rings (SSSR count). The van der Waals surface area contributed by atoms with Crippen molar-refractivity contribution < 1.29 is 13.2 Å². The number of aromatic nitrogens is 2. The number of nitrogens with zero attached hydrogens (tertiary/aromatic N) is 1. The van der Waals surface area contributed by atoms with Gasteiger partial charge in [0.05, 0.1) is 5.56 Å². The van der Waals surface area contributed by atoms with E-state index >= 15 is 0 Å². The van der Waals surface area contributed by atoms with E-state index < -0.39 is 23.0 Å². The number of benzene rings is 1. The number of likely N-dealkylation sites (tertiary alicyclic amines) is 1. The van der Waals surface area contributed by atoms with Crippen LogP contribution in [0.1, 0.15) is 36.1 Å². The fraction of sp³-hybridized carbons (Fsp3) is 0.474. The summed E-state index contributed by atoms with van der Waals surface area (Å²) in [5.41, 5.74) is -0.646. The lowest BCUT2D eigenvalue weighted by Crippen LogP contribution is -2.36. The third-order valence-electron chi connectivity index (χ3n) is 4.96. The van der Waals surface area contributed by atoms with E-state index in [4.69, 9.17) is 0 Å². The van der Waals surface area contributed by atoms with Crippen LogP contribution in [0.15, 0.2) is 39.9 Å². The monoisotopic (exact) mass is 381 g/mol. The van der Waals surface area contributed by atoms with Crippen LogP contribution in [0, 0.1) is 5.92 Å². The quantitative estimate of drug-likeness (QED) is 0.837. The molecule has 1 atom stereocenters. The van der Waals surface area contributed by atoms with Crippen molar-refractivity contribution in [2.45, 2.75) is 38.4 Å². The van der Waals surface area contributed by atoms with Crippen LogP contribution in [0.25, 0.3) is 0 Å². The van der Waals surface area contributed by atoms with Gasteiger partial charge in [0.15, 0.2) is 0 Å². The first kappa shape index (κ1) is 19.4. The molecule has 0 unspecified atom stereocenters. The van der Waals surface area contributed by atoms with E-state index in [1.165, 1.54) is 12.1 Å². The molecule has 146 valence electrons.